The first-order valence-corrected chi connectivity index (χ1v) is 9.18. The van der Waals surface area contributed by atoms with Gasteiger partial charge in [-0.15, -0.1) is 0 Å². The number of carbonyl (C=O) groups excluding carboxylic acids is 1. The van der Waals surface area contributed by atoms with Crippen LogP contribution in [-0.2, 0) is 29.7 Å². The molecule has 0 heterocycles. The molecule has 0 radical (unpaired) electrons. The van der Waals surface area contributed by atoms with Crippen LogP contribution in [0, 0.1) is 11.8 Å². The van der Waals surface area contributed by atoms with Crippen molar-refractivity contribution in [3.05, 3.63) is 70.8 Å². The Morgan fingerprint density at radius 1 is 0.800 bits per heavy atom. The second-order valence-corrected chi connectivity index (χ2v) is 7.93. The van der Waals surface area contributed by atoms with E-state index in [-0.39, 0.29) is 0 Å². The highest BCUT2D eigenvalue weighted by molar-refractivity contribution is 5.66. The molecule has 25 heavy (non-hydrogen) atoms. The first-order valence-electron chi connectivity index (χ1n) is 9.18. The van der Waals surface area contributed by atoms with E-state index in [9.17, 15) is 9.90 Å². The number of hydrogen-bond donors (Lipinski definition) is 1. The first kappa shape index (κ1) is 19.4. The third-order valence-electron chi connectivity index (χ3n) is 4.43. The minimum absolute atomic E-state index is 0.294. The van der Waals surface area contributed by atoms with Crippen molar-refractivity contribution in [3.63, 3.8) is 0 Å². The standard InChI is InChI=1S/C23H30O2/c1-17(2)13-19-5-7-21(8-6-19)15-23(25,16-24)22-11-9-20(10-12-22)14-18(3)4/h5-12,16-18,25H,13-15H2,1-4H3. The van der Waals surface area contributed by atoms with Gasteiger partial charge < -0.3 is 5.11 Å². The fraction of sp³-hybridized carbons (Fsp3) is 0.435. The van der Waals surface area contributed by atoms with Crippen LogP contribution in [0.4, 0.5) is 0 Å². The van der Waals surface area contributed by atoms with Gasteiger partial charge in [-0.1, -0.05) is 76.2 Å². The molecule has 0 aliphatic rings. The fourth-order valence-electron chi connectivity index (χ4n) is 3.19. The predicted molar refractivity (Wildman–Crippen MR) is 104 cm³/mol. The Labute approximate surface area is 151 Å². The maximum Gasteiger partial charge on any atom is 0.156 e. The van der Waals surface area contributed by atoms with E-state index >= 15 is 0 Å². The lowest BCUT2D eigenvalue weighted by atomic mass is 9.87. The lowest BCUT2D eigenvalue weighted by Crippen LogP contribution is -2.30. The SMILES string of the molecule is CC(C)Cc1ccc(CC(O)(C=O)c2ccc(CC(C)C)cc2)cc1. The largest absolute Gasteiger partial charge is 0.377 e. The Hall–Kier alpha value is -1.93. The van der Waals surface area contributed by atoms with Gasteiger partial charge in [0.05, 0.1) is 0 Å². The molecule has 2 nitrogen and oxygen atoms in total. The summed E-state index contributed by atoms with van der Waals surface area (Å²) < 4.78 is 0. The summed E-state index contributed by atoms with van der Waals surface area (Å²) in [7, 11) is 0. The molecule has 2 aromatic rings. The van der Waals surface area contributed by atoms with E-state index < -0.39 is 5.60 Å². The molecule has 2 aromatic carbocycles. The van der Waals surface area contributed by atoms with Gasteiger partial charge in [-0.05, 0) is 46.9 Å². The summed E-state index contributed by atoms with van der Waals surface area (Å²) in [5.41, 5.74) is 2.65. The average Bonchev–Trinajstić information content (AvgIpc) is 2.56. The van der Waals surface area contributed by atoms with E-state index in [0.717, 1.165) is 18.4 Å². The van der Waals surface area contributed by atoms with E-state index in [0.29, 0.717) is 30.1 Å². The van der Waals surface area contributed by atoms with Gasteiger partial charge in [0.1, 0.15) is 5.60 Å². The summed E-state index contributed by atoms with van der Waals surface area (Å²) in [6.45, 7) is 8.75. The van der Waals surface area contributed by atoms with Gasteiger partial charge in [0.2, 0.25) is 0 Å². The molecule has 0 aliphatic heterocycles. The summed E-state index contributed by atoms with van der Waals surface area (Å²) in [6, 6.07) is 16.0. The minimum atomic E-state index is -1.48. The Morgan fingerprint density at radius 3 is 1.60 bits per heavy atom. The summed E-state index contributed by atoms with van der Waals surface area (Å²) >= 11 is 0. The molecule has 0 spiro atoms. The zero-order valence-corrected chi connectivity index (χ0v) is 15.8. The van der Waals surface area contributed by atoms with Crippen LogP contribution < -0.4 is 0 Å². The molecule has 0 amide bonds. The maximum atomic E-state index is 11.7. The molecule has 1 unspecified atom stereocenters. The van der Waals surface area contributed by atoms with E-state index in [1.807, 2.05) is 36.4 Å². The van der Waals surface area contributed by atoms with Crippen LogP contribution >= 0.6 is 0 Å². The van der Waals surface area contributed by atoms with Crippen LogP contribution in [-0.4, -0.2) is 11.4 Å². The number of rotatable bonds is 8. The van der Waals surface area contributed by atoms with Crippen LogP contribution in [0.15, 0.2) is 48.5 Å². The number of aldehydes is 1. The minimum Gasteiger partial charge on any atom is -0.377 e. The van der Waals surface area contributed by atoms with Crippen molar-refractivity contribution in [2.75, 3.05) is 0 Å². The van der Waals surface area contributed by atoms with Gasteiger partial charge in [-0.25, -0.2) is 0 Å². The molecule has 0 aromatic heterocycles. The molecule has 1 atom stereocenters. The average molecular weight is 338 g/mol. The second kappa shape index (κ2) is 8.44. The first-order chi connectivity index (χ1) is 11.8. The zero-order valence-electron chi connectivity index (χ0n) is 15.8. The van der Waals surface area contributed by atoms with Crippen molar-refractivity contribution >= 4 is 6.29 Å². The van der Waals surface area contributed by atoms with Gasteiger partial charge in [-0.2, -0.15) is 0 Å². The van der Waals surface area contributed by atoms with Gasteiger partial charge in [0.15, 0.2) is 6.29 Å². The third-order valence-corrected chi connectivity index (χ3v) is 4.43. The van der Waals surface area contributed by atoms with Crippen molar-refractivity contribution in [1.82, 2.24) is 0 Å². The highest BCUT2D eigenvalue weighted by Crippen LogP contribution is 2.25. The number of aliphatic hydroxyl groups is 1. The summed E-state index contributed by atoms with van der Waals surface area (Å²) in [4.78, 5) is 11.7. The van der Waals surface area contributed by atoms with E-state index in [1.54, 1.807) is 0 Å². The Morgan fingerprint density at radius 2 is 1.20 bits per heavy atom. The van der Waals surface area contributed by atoms with Gasteiger partial charge in [0, 0.05) is 6.42 Å². The Kier molecular flexibility index (Phi) is 6.55. The van der Waals surface area contributed by atoms with Crippen LogP contribution in [0.2, 0.25) is 0 Å². The smallest absolute Gasteiger partial charge is 0.156 e. The molecule has 2 rings (SSSR count). The number of hydrogen-bond acceptors (Lipinski definition) is 2. The highest BCUT2D eigenvalue weighted by atomic mass is 16.3. The van der Waals surface area contributed by atoms with Gasteiger partial charge >= 0.3 is 0 Å². The highest BCUT2D eigenvalue weighted by Gasteiger charge is 2.29. The second-order valence-electron chi connectivity index (χ2n) is 7.93. The van der Waals surface area contributed by atoms with Crippen LogP contribution in [0.1, 0.15) is 49.9 Å². The summed E-state index contributed by atoms with van der Waals surface area (Å²) in [5.74, 6) is 1.20. The maximum absolute atomic E-state index is 11.7. The molecule has 1 N–H and O–H groups in total. The fourth-order valence-corrected chi connectivity index (χ4v) is 3.19. The third kappa shape index (κ3) is 5.54. The van der Waals surface area contributed by atoms with Crippen molar-refractivity contribution < 1.29 is 9.90 Å². The van der Waals surface area contributed by atoms with Crippen molar-refractivity contribution in [2.45, 2.75) is 52.6 Å². The predicted octanol–water partition coefficient (Wildman–Crippen LogP) is 4.71. The molecular formula is C23H30O2. The molecule has 0 fully saturated rings. The molecule has 134 valence electrons. The number of benzene rings is 2. The van der Waals surface area contributed by atoms with Crippen molar-refractivity contribution in [3.8, 4) is 0 Å². The van der Waals surface area contributed by atoms with Crippen LogP contribution in [0.5, 0.6) is 0 Å². The van der Waals surface area contributed by atoms with Crippen LogP contribution in [0.25, 0.3) is 0 Å². The molecule has 2 heteroatoms. The normalized spacial score (nSPS) is 13.9. The number of carbonyl (C=O) groups is 1. The van der Waals surface area contributed by atoms with Crippen molar-refractivity contribution in [2.24, 2.45) is 11.8 Å². The molecular weight excluding hydrogens is 308 g/mol. The zero-order chi connectivity index (χ0) is 18.4. The summed E-state index contributed by atoms with van der Waals surface area (Å²) in [5, 5.41) is 10.9. The topological polar surface area (TPSA) is 37.3 Å². The van der Waals surface area contributed by atoms with Gasteiger partial charge in [0.25, 0.3) is 0 Å². The quantitative estimate of drug-likeness (QED) is 0.708. The van der Waals surface area contributed by atoms with E-state index in [2.05, 4.69) is 39.8 Å². The van der Waals surface area contributed by atoms with Crippen molar-refractivity contribution in [1.29, 1.82) is 0 Å². The Balaban J connectivity index is 2.15. The lowest BCUT2D eigenvalue weighted by molar-refractivity contribution is -0.124. The Bertz CT molecular complexity index is 668. The molecule has 0 aliphatic carbocycles. The van der Waals surface area contributed by atoms with Gasteiger partial charge in [-0.3, -0.25) is 4.79 Å². The lowest BCUT2D eigenvalue weighted by Gasteiger charge is -2.23. The summed E-state index contributed by atoms with van der Waals surface area (Å²) in [6.07, 6.45) is 2.99. The van der Waals surface area contributed by atoms with Crippen LogP contribution in [0.3, 0.4) is 0 Å². The molecule has 0 bridgehead atoms. The van der Waals surface area contributed by atoms with E-state index in [4.69, 9.17) is 0 Å². The monoisotopic (exact) mass is 338 g/mol. The molecule has 0 saturated carbocycles. The van der Waals surface area contributed by atoms with E-state index in [1.165, 1.54) is 11.1 Å². The molecule has 0 saturated heterocycles.